The second-order valence-corrected chi connectivity index (χ2v) is 6.15. The zero-order valence-corrected chi connectivity index (χ0v) is 12.9. The molecule has 5 nitrogen and oxygen atoms in total. The van der Waals surface area contributed by atoms with Gasteiger partial charge in [0.15, 0.2) is 0 Å². The van der Waals surface area contributed by atoms with Crippen LogP contribution < -0.4 is 15.5 Å². The average Bonchev–Trinajstić information content (AvgIpc) is 2.90. The summed E-state index contributed by atoms with van der Waals surface area (Å²) < 4.78 is 39.4. The van der Waals surface area contributed by atoms with Gasteiger partial charge in [0.05, 0.1) is 5.56 Å². The summed E-state index contributed by atoms with van der Waals surface area (Å²) in [6.07, 6.45) is -3.66. The number of carbonyl (C=O) groups excluding carboxylic acids is 2. The van der Waals surface area contributed by atoms with Crippen molar-refractivity contribution in [3.05, 3.63) is 29.3 Å². The highest BCUT2D eigenvalue weighted by Crippen LogP contribution is 2.34. The Labute approximate surface area is 137 Å². The third kappa shape index (κ3) is 3.53. The van der Waals surface area contributed by atoms with Crippen LogP contribution in [0.25, 0.3) is 0 Å². The van der Waals surface area contributed by atoms with Crippen LogP contribution in [0.3, 0.4) is 0 Å². The lowest BCUT2D eigenvalue weighted by Crippen LogP contribution is -2.48. The number of carbonyl (C=O) groups is 2. The van der Waals surface area contributed by atoms with E-state index in [-0.39, 0.29) is 17.2 Å². The van der Waals surface area contributed by atoms with Crippen molar-refractivity contribution in [2.24, 2.45) is 5.92 Å². The summed E-state index contributed by atoms with van der Waals surface area (Å²) in [4.78, 5) is 25.3. The van der Waals surface area contributed by atoms with Crippen LogP contribution >= 0.6 is 0 Å². The van der Waals surface area contributed by atoms with Gasteiger partial charge in [0, 0.05) is 49.8 Å². The van der Waals surface area contributed by atoms with Crippen molar-refractivity contribution in [3.8, 4) is 0 Å². The molecule has 0 aliphatic carbocycles. The minimum Gasteiger partial charge on any atom is -0.352 e. The minimum absolute atomic E-state index is 0.0770. The summed E-state index contributed by atoms with van der Waals surface area (Å²) in [5, 5.41) is 5.72. The predicted octanol–water partition coefficient (Wildman–Crippen LogP) is 1.78. The fourth-order valence-electron chi connectivity index (χ4n) is 2.81. The van der Waals surface area contributed by atoms with Crippen molar-refractivity contribution < 1.29 is 22.8 Å². The van der Waals surface area contributed by atoms with Crippen LogP contribution in [0.5, 0.6) is 0 Å². The van der Waals surface area contributed by atoms with Gasteiger partial charge in [-0.15, -0.1) is 0 Å². The molecule has 1 aromatic rings. The topological polar surface area (TPSA) is 61.4 Å². The molecule has 0 saturated carbocycles. The molecule has 24 heavy (non-hydrogen) atoms. The maximum atomic E-state index is 13.1. The van der Waals surface area contributed by atoms with Gasteiger partial charge in [-0.05, 0) is 24.6 Å². The van der Waals surface area contributed by atoms with Crippen LogP contribution in [0.2, 0.25) is 0 Å². The molecule has 0 radical (unpaired) electrons. The highest BCUT2D eigenvalue weighted by Gasteiger charge is 2.33. The molecule has 130 valence electrons. The zero-order valence-electron chi connectivity index (χ0n) is 12.9. The second kappa shape index (κ2) is 6.43. The number of nitrogens with one attached hydrogen (secondary N) is 2. The summed E-state index contributed by atoms with van der Waals surface area (Å²) in [5.74, 6) is -0.471. The van der Waals surface area contributed by atoms with Crippen LogP contribution in [0, 0.1) is 5.92 Å². The van der Waals surface area contributed by atoms with E-state index >= 15 is 0 Å². The molecule has 0 atom stereocenters. The number of alkyl halides is 3. The lowest BCUT2D eigenvalue weighted by Gasteiger charge is -2.27. The maximum absolute atomic E-state index is 13.1. The Kier molecular flexibility index (Phi) is 4.49. The SMILES string of the molecule is O=C(NCC1CNC1)c1cc(N2CCCC2=O)cc(C(F)(F)F)c1. The molecular formula is C16H18F3N3O2. The van der Waals surface area contributed by atoms with Gasteiger partial charge >= 0.3 is 6.18 Å². The monoisotopic (exact) mass is 341 g/mol. The standard InChI is InChI=1S/C16H18F3N3O2/c17-16(18,19)12-4-11(15(24)21-9-10-7-20-8-10)5-13(6-12)22-3-1-2-14(22)23/h4-6,10,20H,1-3,7-9H2,(H,21,24). The van der Waals surface area contributed by atoms with Gasteiger partial charge in [-0.25, -0.2) is 0 Å². The molecule has 2 heterocycles. The van der Waals surface area contributed by atoms with Crippen LogP contribution in [-0.4, -0.2) is 38.0 Å². The first-order chi connectivity index (χ1) is 11.3. The van der Waals surface area contributed by atoms with E-state index in [1.54, 1.807) is 0 Å². The van der Waals surface area contributed by atoms with E-state index in [0.717, 1.165) is 25.2 Å². The van der Waals surface area contributed by atoms with Gasteiger partial charge in [0.25, 0.3) is 5.91 Å². The van der Waals surface area contributed by atoms with Gasteiger partial charge < -0.3 is 15.5 Å². The van der Waals surface area contributed by atoms with E-state index in [0.29, 0.717) is 31.8 Å². The average molecular weight is 341 g/mol. The Morgan fingerprint density at radius 3 is 2.58 bits per heavy atom. The summed E-state index contributed by atoms with van der Waals surface area (Å²) in [6, 6.07) is 3.11. The maximum Gasteiger partial charge on any atom is 0.416 e. The molecule has 2 amide bonds. The highest BCUT2D eigenvalue weighted by molar-refractivity contribution is 5.99. The number of hydrogen-bond acceptors (Lipinski definition) is 3. The normalized spacial score (nSPS) is 18.6. The molecule has 0 unspecified atom stereocenters. The van der Waals surface area contributed by atoms with Crippen LogP contribution in [0.1, 0.15) is 28.8 Å². The second-order valence-electron chi connectivity index (χ2n) is 6.15. The fourth-order valence-corrected chi connectivity index (χ4v) is 2.81. The summed E-state index contributed by atoms with van der Waals surface area (Å²) in [6.45, 7) is 2.36. The fraction of sp³-hybridized carbons (Fsp3) is 0.500. The number of amides is 2. The Morgan fingerprint density at radius 2 is 2.04 bits per heavy atom. The van der Waals surface area contributed by atoms with E-state index < -0.39 is 17.6 Å². The van der Waals surface area contributed by atoms with Gasteiger partial charge in [-0.3, -0.25) is 9.59 Å². The smallest absolute Gasteiger partial charge is 0.352 e. The van der Waals surface area contributed by atoms with Gasteiger partial charge in [0.1, 0.15) is 0 Å². The van der Waals surface area contributed by atoms with E-state index in [1.165, 1.54) is 11.0 Å². The van der Waals surface area contributed by atoms with E-state index in [9.17, 15) is 22.8 Å². The van der Waals surface area contributed by atoms with Crippen LogP contribution in [0.4, 0.5) is 18.9 Å². The first kappa shape index (κ1) is 16.8. The van der Waals surface area contributed by atoms with Gasteiger partial charge in [0.2, 0.25) is 5.91 Å². The van der Waals surface area contributed by atoms with Crippen LogP contribution in [-0.2, 0) is 11.0 Å². The molecule has 1 aromatic carbocycles. The molecule has 2 aliphatic heterocycles. The number of halogens is 3. The lowest BCUT2D eigenvalue weighted by molar-refractivity contribution is -0.137. The number of rotatable bonds is 4. The first-order valence-corrected chi connectivity index (χ1v) is 7.86. The molecule has 2 fully saturated rings. The van der Waals surface area contributed by atoms with E-state index in [4.69, 9.17) is 0 Å². The summed E-state index contributed by atoms with van der Waals surface area (Å²) in [7, 11) is 0. The Hall–Kier alpha value is -2.09. The highest BCUT2D eigenvalue weighted by atomic mass is 19.4. The van der Waals surface area contributed by atoms with E-state index in [2.05, 4.69) is 10.6 Å². The third-order valence-electron chi connectivity index (χ3n) is 4.31. The molecule has 0 aromatic heterocycles. The number of anilines is 1. The van der Waals surface area contributed by atoms with Crippen molar-refractivity contribution >= 4 is 17.5 Å². The molecule has 3 rings (SSSR count). The molecule has 0 spiro atoms. The largest absolute Gasteiger partial charge is 0.416 e. The van der Waals surface area contributed by atoms with Crippen LogP contribution in [0.15, 0.2) is 18.2 Å². The quantitative estimate of drug-likeness (QED) is 0.878. The number of hydrogen-bond donors (Lipinski definition) is 2. The first-order valence-electron chi connectivity index (χ1n) is 7.86. The predicted molar refractivity (Wildman–Crippen MR) is 81.7 cm³/mol. The van der Waals surface area contributed by atoms with Gasteiger partial charge in [-0.2, -0.15) is 13.2 Å². The van der Waals surface area contributed by atoms with Gasteiger partial charge in [-0.1, -0.05) is 0 Å². The zero-order chi connectivity index (χ0) is 17.3. The molecule has 2 N–H and O–H groups in total. The van der Waals surface area contributed by atoms with Crippen molar-refractivity contribution in [3.63, 3.8) is 0 Å². The minimum atomic E-state index is -4.58. The molecule has 8 heteroatoms. The van der Waals surface area contributed by atoms with Crippen molar-refractivity contribution in [2.45, 2.75) is 19.0 Å². The molecular weight excluding hydrogens is 323 g/mol. The molecule has 2 saturated heterocycles. The molecule has 0 bridgehead atoms. The Bertz CT molecular complexity index is 656. The number of nitrogens with zero attached hydrogens (tertiary/aromatic N) is 1. The number of benzene rings is 1. The summed E-state index contributed by atoms with van der Waals surface area (Å²) in [5.41, 5.74) is -0.871. The Morgan fingerprint density at radius 1 is 1.29 bits per heavy atom. The summed E-state index contributed by atoms with van der Waals surface area (Å²) >= 11 is 0. The van der Waals surface area contributed by atoms with Crippen molar-refractivity contribution in [1.29, 1.82) is 0 Å². The Balaban J connectivity index is 1.86. The van der Waals surface area contributed by atoms with E-state index in [1.807, 2.05) is 0 Å². The lowest BCUT2D eigenvalue weighted by atomic mass is 10.0. The van der Waals surface area contributed by atoms with Crippen molar-refractivity contribution in [2.75, 3.05) is 31.1 Å². The van der Waals surface area contributed by atoms with Crippen molar-refractivity contribution in [1.82, 2.24) is 10.6 Å². The molecule has 2 aliphatic rings. The third-order valence-corrected chi connectivity index (χ3v) is 4.31.